The fraction of sp³-hybridized carbons (Fsp3) is 0.571. The van der Waals surface area contributed by atoms with E-state index in [-0.39, 0.29) is 0 Å². The molecule has 0 heterocycles. The zero-order chi connectivity index (χ0) is 12.8. The van der Waals surface area contributed by atoms with Crippen LogP contribution in [0.4, 0.5) is 0 Å². The first kappa shape index (κ1) is 14.2. The molecule has 1 aromatic carbocycles. The second-order valence-corrected chi connectivity index (χ2v) is 6.04. The van der Waals surface area contributed by atoms with Crippen LogP contribution in [0, 0.1) is 0 Å². The van der Waals surface area contributed by atoms with E-state index in [0.717, 1.165) is 35.8 Å². The summed E-state index contributed by atoms with van der Waals surface area (Å²) < 4.78 is 6.64. The summed E-state index contributed by atoms with van der Waals surface area (Å²) in [4.78, 5) is 0. The van der Waals surface area contributed by atoms with Crippen molar-refractivity contribution in [2.24, 2.45) is 0 Å². The number of unbranched alkanes of at least 4 members (excludes halogenated alkanes) is 2. The van der Waals surface area contributed by atoms with Crippen LogP contribution >= 0.6 is 27.5 Å². The van der Waals surface area contributed by atoms with E-state index in [1.54, 1.807) is 0 Å². The number of rotatable bonds is 8. The van der Waals surface area contributed by atoms with Gasteiger partial charge in [-0.15, -0.1) is 0 Å². The highest BCUT2D eigenvalue weighted by molar-refractivity contribution is 9.10. The summed E-state index contributed by atoms with van der Waals surface area (Å²) in [5, 5.41) is 4.18. The third-order valence-corrected chi connectivity index (χ3v) is 3.77. The Morgan fingerprint density at radius 1 is 1.28 bits per heavy atom. The van der Waals surface area contributed by atoms with Gasteiger partial charge in [-0.1, -0.05) is 27.5 Å². The van der Waals surface area contributed by atoms with Crippen molar-refractivity contribution in [3.8, 4) is 5.75 Å². The molecular weight excluding hydrogens is 314 g/mol. The molecular formula is C14H19BrClNO. The van der Waals surface area contributed by atoms with Crippen LogP contribution in [0.15, 0.2) is 22.7 Å². The standard InChI is InChI=1S/C14H19BrClNO/c15-11-4-7-14(13(16)10-11)18-9-3-1-2-8-17-12-5-6-12/h4,7,10,12,17H,1-3,5-6,8-9H2. The fourth-order valence-corrected chi connectivity index (χ4v) is 2.50. The Kier molecular flexibility index (Phi) is 5.80. The van der Waals surface area contributed by atoms with Crippen LogP contribution in [0.3, 0.4) is 0 Å². The van der Waals surface area contributed by atoms with Crippen LogP contribution in [0.5, 0.6) is 5.75 Å². The highest BCUT2D eigenvalue weighted by Gasteiger charge is 2.19. The van der Waals surface area contributed by atoms with Crippen LogP contribution in [-0.4, -0.2) is 19.2 Å². The molecule has 1 saturated carbocycles. The molecule has 0 atom stereocenters. The maximum atomic E-state index is 6.07. The minimum absolute atomic E-state index is 0.666. The lowest BCUT2D eigenvalue weighted by atomic mass is 10.2. The first-order valence-corrected chi connectivity index (χ1v) is 7.74. The quantitative estimate of drug-likeness (QED) is 0.712. The summed E-state index contributed by atoms with van der Waals surface area (Å²) in [5.41, 5.74) is 0. The summed E-state index contributed by atoms with van der Waals surface area (Å²) in [6.45, 7) is 1.88. The molecule has 1 aliphatic rings. The maximum absolute atomic E-state index is 6.07. The summed E-state index contributed by atoms with van der Waals surface area (Å²) in [7, 11) is 0. The molecule has 2 rings (SSSR count). The maximum Gasteiger partial charge on any atom is 0.137 e. The van der Waals surface area contributed by atoms with Gasteiger partial charge < -0.3 is 10.1 Å². The van der Waals surface area contributed by atoms with Crippen molar-refractivity contribution in [2.75, 3.05) is 13.2 Å². The Bertz CT molecular complexity index is 382. The Morgan fingerprint density at radius 2 is 2.11 bits per heavy atom. The lowest BCUT2D eigenvalue weighted by molar-refractivity contribution is 0.305. The molecule has 0 saturated heterocycles. The van der Waals surface area contributed by atoms with Crippen molar-refractivity contribution >= 4 is 27.5 Å². The Morgan fingerprint density at radius 3 is 2.83 bits per heavy atom. The number of hydrogen-bond donors (Lipinski definition) is 1. The van der Waals surface area contributed by atoms with E-state index in [1.165, 1.54) is 25.7 Å². The van der Waals surface area contributed by atoms with Gasteiger partial charge in [0.2, 0.25) is 0 Å². The molecule has 0 unspecified atom stereocenters. The van der Waals surface area contributed by atoms with E-state index in [2.05, 4.69) is 21.2 Å². The van der Waals surface area contributed by atoms with Crippen molar-refractivity contribution in [2.45, 2.75) is 38.1 Å². The van der Waals surface area contributed by atoms with Crippen LogP contribution in [0.1, 0.15) is 32.1 Å². The van der Waals surface area contributed by atoms with Gasteiger partial charge in [0.1, 0.15) is 5.75 Å². The largest absolute Gasteiger partial charge is 0.492 e. The molecule has 4 heteroatoms. The Balaban J connectivity index is 1.53. The van der Waals surface area contributed by atoms with Gasteiger partial charge in [-0.25, -0.2) is 0 Å². The molecule has 1 aromatic rings. The van der Waals surface area contributed by atoms with Crippen molar-refractivity contribution < 1.29 is 4.74 Å². The van der Waals surface area contributed by atoms with Gasteiger partial charge in [-0.3, -0.25) is 0 Å². The first-order chi connectivity index (χ1) is 8.75. The third-order valence-electron chi connectivity index (χ3n) is 2.98. The minimum Gasteiger partial charge on any atom is -0.492 e. The molecule has 0 spiro atoms. The molecule has 0 bridgehead atoms. The van der Waals surface area contributed by atoms with Gasteiger partial charge >= 0.3 is 0 Å². The van der Waals surface area contributed by atoms with Gasteiger partial charge in [0.05, 0.1) is 11.6 Å². The van der Waals surface area contributed by atoms with Gasteiger partial charge in [0.25, 0.3) is 0 Å². The summed E-state index contributed by atoms with van der Waals surface area (Å²) in [6.07, 6.45) is 6.25. The molecule has 0 aliphatic heterocycles. The predicted octanol–water partition coefficient (Wildman–Crippen LogP) is 4.40. The predicted molar refractivity (Wildman–Crippen MR) is 79.5 cm³/mol. The highest BCUT2D eigenvalue weighted by atomic mass is 79.9. The number of halogens is 2. The molecule has 0 radical (unpaired) electrons. The summed E-state index contributed by atoms with van der Waals surface area (Å²) in [6, 6.07) is 6.53. The van der Waals surface area contributed by atoms with Crippen LogP contribution in [0.2, 0.25) is 5.02 Å². The zero-order valence-corrected chi connectivity index (χ0v) is 12.8. The fourth-order valence-electron chi connectivity index (χ4n) is 1.77. The van der Waals surface area contributed by atoms with Gasteiger partial charge in [0.15, 0.2) is 0 Å². The van der Waals surface area contributed by atoms with E-state index < -0.39 is 0 Å². The zero-order valence-electron chi connectivity index (χ0n) is 10.4. The summed E-state index contributed by atoms with van der Waals surface area (Å²) >= 11 is 9.45. The lowest BCUT2D eigenvalue weighted by Gasteiger charge is -2.08. The monoisotopic (exact) mass is 331 g/mol. The number of benzene rings is 1. The second kappa shape index (κ2) is 7.37. The van der Waals surface area contributed by atoms with Crippen LogP contribution in [0.25, 0.3) is 0 Å². The topological polar surface area (TPSA) is 21.3 Å². The molecule has 0 amide bonds. The average molecular weight is 333 g/mol. The third kappa shape index (κ3) is 5.17. The van der Waals surface area contributed by atoms with Crippen molar-refractivity contribution in [1.82, 2.24) is 5.32 Å². The van der Waals surface area contributed by atoms with E-state index in [9.17, 15) is 0 Å². The molecule has 1 N–H and O–H groups in total. The molecule has 0 aromatic heterocycles. The van der Waals surface area contributed by atoms with Gasteiger partial charge in [-0.05, 0) is 56.8 Å². The van der Waals surface area contributed by atoms with E-state index >= 15 is 0 Å². The van der Waals surface area contributed by atoms with Crippen molar-refractivity contribution in [1.29, 1.82) is 0 Å². The van der Waals surface area contributed by atoms with Gasteiger partial charge in [0, 0.05) is 10.5 Å². The number of ether oxygens (including phenoxy) is 1. The van der Waals surface area contributed by atoms with Crippen molar-refractivity contribution in [3.05, 3.63) is 27.7 Å². The molecule has 18 heavy (non-hydrogen) atoms. The van der Waals surface area contributed by atoms with Crippen LogP contribution < -0.4 is 10.1 Å². The highest BCUT2D eigenvalue weighted by Crippen LogP contribution is 2.27. The van der Waals surface area contributed by atoms with E-state index in [4.69, 9.17) is 16.3 Å². The SMILES string of the molecule is Clc1cc(Br)ccc1OCCCCCNC1CC1. The molecule has 1 fully saturated rings. The Labute approximate surface area is 122 Å². The molecule has 100 valence electrons. The van der Waals surface area contributed by atoms with E-state index in [1.807, 2.05) is 18.2 Å². The summed E-state index contributed by atoms with van der Waals surface area (Å²) in [5.74, 6) is 0.774. The smallest absolute Gasteiger partial charge is 0.137 e. The van der Waals surface area contributed by atoms with Crippen LogP contribution in [-0.2, 0) is 0 Å². The Hall–Kier alpha value is -0.250. The number of nitrogens with one attached hydrogen (secondary N) is 1. The van der Waals surface area contributed by atoms with Gasteiger partial charge in [-0.2, -0.15) is 0 Å². The normalized spacial score (nSPS) is 14.8. The van der Waals surface area contributed by atoms with Crippen molar-refractivity contribution in [3.63, 3.8) is 0 Å². The minimum atomic E-state index is 0.666. The molecule has 2 nitrogen and oxygen atoms in total. The average Bonchev–Trinajstić information content (AvgIpc) is 3.14. The second-order valence-electron chi connectivity index (χ2n) is 4.71. The molecule has 1 aliphatic carbocycles. The first-order valence-electron chi connectivity index (χ1n) is 6.57. The van der Waals surface area contributed by atoms with E-state index in [0.29, 0.717) is 5.02 Å². The lowest BCUT2D eigenvalue weighted by Crippen LogP contribution is -2.17. The number of hydrogen-bond acceptors (Lipinski definition) is 2.